The van der Waals surface area contributed by atoms with Crippen LogP contribution in [-0.2, 0) is 4.79 Å². The number of carboxylic acids is 1. The minimum atomic E-state index is -0.695. The van der Waals surface area contributed by atoms with Gasteiger partial charge >= 0.3 is 5.97 Å². The lowest BCUT2D eigenvalue weighted by Crippen LogP contribution is -2.19. The molecule has 0 saturated heterocycles. The standard InChI is InChI=1S/C22H30O2/c1-3-4-5-6-7-8-14-19(17(2)22(23)24)21-16-11-13-18-12-9-10-15-20(18)21/h9-13,15-17,19H,3-8,14H2,1-2H3,(H,23,24). The molecule has 2 atom stereocenters. The molecule has 0 heterocycles. The molecule has 2 nitrogen and oxygen atoms in total. The minimum absolute atomic E-state index is 0.0831. The first-order valence-electron chi connectivity index (χ1n) is 9.35. The number of carboxylic acid groups (broad SMARTS) is 1. The summed E-state index contributed by atoms with van der Waals surface area (Å²) >= 11 is 0. The van der Waals surface area contributed by atoms with Gasteiger partial charge in [-0.05, 0) is 28.7 Å². The third-order valence-corrected chi connectivity index (χ3v) is 5.08. The summed E-state index contributed by atoms with van der Waals surface area (Å²) in [4.78, 5) is 11.6. The topological polar surface area (TPSA) is 37.3 Å². The normalized spacial score (nSPS) is 13.8. The van der Waals surface area contributed by atoms with Gasteiger partial charge < -0.3 is 5.11 Å². The molecule has 0 aliphatic carbocycles. The van der Waals surface area contributed by atoms with E-state index in [1.54, 1.807) is 0 Å². The Morgan fingerprint density at radius 1 is 0.958 bits per heavy atom. The number of rotatable bonds is 10. The molecule has 0 aliphatic heterocycles. The fraction of sp³-hybridized carbons (Fsp3) is 0.500. The average molecular weight is 326 g/mol. The third-order valence-electron chi connectivity index (χ3n) is 5.08. The van der Waals surface area contributed by atoms with E-state index in [1.807, 2.05) is 19.1 Å². The second-order valence-corrected chi connectivity index (χ2v) is 6.86. The van der Waals surface area contributed by atoms with Crippen LogP contribution in [0.5, 0.6) is 0 Å². The number of fused-ring (bicyclic) bond motifs is 1. The van der Waals surface area contributed by atoms with Gasteiger partial charge in [-0.1, -0.05) is 94.8 Å². The molecule has 130 valence electrons. The van der Waals surface area contributed by atoms with E-state index < -0.39 is 5.97 Å². The van der Waals surface area contributed by atoms with Crippen LogP contribution in [-0.4, -0.2) is 11.1 Å². The van der Waals surface area contributed by atoms with Crippen LogP contribution in [0.15, 0.2) is 42.5 Å². The molecule has 0 aromatic heterocycles. The van der Waals surface area contributed by atoms with Crippen LogP contribution in [0.2, 0.25) is 0 Å². The van der Waals surface area contributed by atoms with Gasteiger partial charge in [0.25, 0.3) is 0 Å². The van der Waals surface area contributed by atoms with E-state index in [0.717, 1.165) is 12.8 Å². The van der Waals surface area contributed by atoms with Crippen LogP contribution >= 0.6 is 0 Å². The van der Waals surface area contributed by atoms with Gasteiger partial charge in [0, 0.05) is 0 Å². The first-order chi connectivity index (χ1) is 11.6. The van der Waals surface area contributed by atoms with Crippen LogP contribution in [0.25, 0.3) is 10.8 Å². The lowest BCUT2D eigenvalue weighted by Gasteiger charge is -2.23. The molecule has 1 N–H and O–H groups in total. The van der Waals surface area contributed by atoms with E-state index in [9.17, 15) is 9.90 Å². The van der Waals surface area contributed by atoms with Crippen molar-refractivity contribution in [2.75, 3.05) is 0 Å². The summed E-state index contributed by atoms with van der Waals surface area (Å²) < 4.78 is 0. The van der Waals surface area contributed by atoms with Crippen molar-refractivity contribution in [3.8, 4) is 0 Å². The molecule has 24 heavy (non-hydrogen) atoms. The Morgan fingerprint density at radius 3 is 2.38 bits per heavy atom. The van der Waals surface area contributed by atoms with E-state index in [0.29, 0.717) is 0 Å². The molecule has 0 saturated carbocycles. The zero-order valence-electron chi connectivity index (χ0n) is 15.0. The Labute approximate surface area is 145 Å². The van der Waals surface area contributed by atoms with Gasteiger partial charge in [-0.3, -0.25) is 4.79 Å². The molecule has 2 heteroatoms. The van der Waals surface area contributed by atoms with Crippen LogP contribution < -0.4 is 0 Å². The Morgan fingerprint density at radius 2 is 1.62 bits per heavy atom. The highest BCUT2D eigenvalue weighted by atomic mass is 16.4. The van der Waals surface area contributed by atoms with E-state index in [-0.39, 0.29) is 11.8 Å². The zero-order valence-corrected chi connectivity index (χ0v) is 15.0. The van der Waals surface area contributed by atoms with Gasteiger partial charge in [-0.15, -0.1) is 0 Å². The monoisotopic (exact) mass is 326 g/mol. The van der Waals surface area contributed by atoms with Gasteiger partial charge in [-0.25, -0.2) is 0 Å². The van der Waals surface area contributed by atoms with Crippen molar-refractivity contribution in [2.45, 2.75) is 64.7 Å². The van der Waals surface area contributed by atoms with Gasteiger partial charge in [-0.2, -0.15) is 0 Å². The Kier molecular flexibility index (Phi) is 7.30. The fourth-order valence-electron chi connectivity index (χ4n) is 3.57. The number of aliphatic carboxylic acids is 1. The first kappa shape index (κ1) is 18.5. The Balaban J connectivity index is 2.15. The van der Waals surface area contributed by atoms with Crippen molar-refractivity contribution in [3.05, 3.63) is 48.0 Å². The molecule has 2 rings (SSSR count). The molecule has 2 aromatic carbocycles. The Bertz CT molecular complexity index is 642. The summed E-state index contributed by atoms with van der Waals surface area (Å²) in [5, 5.41) is 12.0. The fourth-order valence-corrected chi connectivity index (χ4v) is 3.57. The zero-order chi connectivity index (χ0) is 17.4. The molecular formula is C22H30O2. The molecule has 0 aliphatic rings. The van der Waals surface area contributed by atoms with Crippen molar-refractivity contribution < 1.29 is 9.90 Å². The van der Waals surface area contributed by atoms with Crippen molar-refractivity contribution in [1.82, 2.24) is 0 Å². The van der Waals surface area contributed by atoms with E-state index in [1.165, 1.54) is 48.4 Å². The summed E-state index contributed by atoms with van der Waals surface area (Å²) in [6.45, 7) is 4.08. The predicted octanol–water partition coefficient (Wildman–Crippen LogP) is 6.39. The van der Waals surface area contributed by atoms with Gasteiger partial charge in [0.05, 0.1) is 5.92 Å². The first-order valence-corrected chi connectivity index (χ1v) is 9.35. The van der Waals surface area contributed by atoms with E-state index in [4.69, 9.17) is 0 Å². The van der Waals surface area contributed by atoms with E-state index in [2.05, 4.69) is 37.3 Å². The number of hydrogen-bond acceptors (Lipinski definition) is 1. The minimum Gasteiger partial charge on any atom is -0.481 e. The largest absolute Gasteiger partial charge is 0.481 e. The van der Waals surface area contributed by atoms with Crippen LogP contribution in [0.1, 0.15) is 70.3 Å². The highest BCUT2D eigenvalue weighted by molar-refractivity contribution is 5.86. The van der Waals surface area contributed by atoms with Crippen molar-refractivity contribution >= 4 is 16.7 Å². The molecule has 0 fully saturated rings. The number of unbranched alkanes of at least 4 members (excludes halogenated alkanes) is 5. The SMILES string of the molecule is CCCCCCCCC(c1cccc2ccccc12)C(C)C(=O)O. The summed E-state index contributed by atoms with van der Waals surface area (Å²) in [5.74, 6) is -0.967. The number of carbonyl (C=O) groups is 1. The van der Waals surface area contributed by atoms with Gasteiger partial charge in [0.2, 0.25) is 0 Å². The second-order valence-electron chi connectivity index (χ2n) is 6.86. The van der Waals surface area contributed by atoms with Crippen LogP contribution in [0, 0.1) is 5.92 Å². The molecule has 2 unspecified atom stereocenters. The third kappa shape index (κ3) is 4.83. The van der Waals surface area contributed by atoms with Crippen molar-refractivity contribution in [3.63, 3.8) is 0 Å². The molecular weight excluding hydrogens is 296 g/mol. The smallest absolute Gasteiger partial charge is 0.306 e. The maximum absolute atomic E-state index is 11.6. The van der Waals surface area contributed by atoms with Gasteiger partial charge in [0.1, 0.15) is 0 Å². The summed E-state index contributed by atoms with van der Waals surface area (Å²) in [5.41, 5.74) is 1.19. The predicted molar refractivity (Wildman–Crippen MR) is 101 cm³/mol. The summed E-state index contributed by atoms with van der Waals surface area (Å²) in [6, 6.07) is 14.6. The van der Waals surface area contributed by atoms with Crippen molar-refractivity contribution in [2.24, 2.45) is 5.92 Å². The lowest BCUT2D eigenvalue weighted by molar-refractivity contribution is -0.141. The van der Waals surface area contributed by atoms with Gasteiger partial charge in [0.15, 0.2) is 0 Å². The van der Waals surface area contributed by atoms with Crippen LogP contribution in [0.4, 0.5) is 0 Å². The highest BCUT2D eigenvalue weighted by Gasteiger charge is 2.26. The molecule has 0 spiro atoms. The molecule has 0 radical (unpaired) electrons. The molecule has 2 aromatic rings. The van der Waals surface area contributed by atoms with Crippen molar-refractivity contribution in [1.29, 1.82) is 0 Å². The molecule has 0 bridgehead atoms. The Hall–Kier alpha value is -1.83. The van der Waals surface area contributed by atoms with E-state index >= 15 is 0 Å². The lowest BCUT2D eigenvalue weighted by atomic mass is 9.81. The number of benzene rings is 2. The average Bonchev–Trinajstić information content (AvgIpc) is 2.60. The summed E-state index contributed by atoms with van der Waals surface area (Å²) in [6.07, 6.45) is 8.38. The second kappa shape index (κ2) is 9.46. The number of hydrogen-bond donors (Lipinski definition) is 1. The highest BCUT2D eigenvalue weighted by Crippen LogP contribution is 2.35. The summed E-state index contributed by atoms with van der Waals surface area (Å²) in [7, 11) is 0. The maximum Gasteiger partial charge on any atom is 0.306 e. The maximum atomic E-state index is 11.6. The van der Waals surface area contributed by atoms with Crippen LogP contribution in [0.3, 0.4) is 0 Å². The quantitative estimate of drug-likeness (QED) is 0.513. The molecule has 0 amide bonds.